The summed E-state index contributed by atoms with van der Waals surface area (Å²) in [6.45, 7) is 4.16. The molecule has 0 radical (unpaired) electrons. The first-order valence-corrected chi connectivity index (χ1v) is 11.5. The summed E-state index contributed by atoms with van der Waals surface area (Å²) in [5, 5.41) is 11.6. The predicted octanol–water partition coefficient (Wildman–Crippen LogP) is 5.11. The highest BCUT2D eigenvalue weighted by Gasteiger charge is 2.42. The first-order valence-electron chi connectivity index (χ1n) is 11.5. The molecule has 0 spiro atoms. The molecule has 1 aromatic heterocycles. The van der Waals surface area contributed by atoms with E-state index >= 15 is 0 Å². The molecule has 0 N–H and O–H groups in total. The highest BCUT2D eigenvalue weighted by Crippen LogP contribution is 2.39. The third-order valence-corrected chi connectivity index (χ3v) is 6.80. The van der Waals surface area contributed by atoms with Gasteiger partial charge >= 0.3 is 0 Å². The molecule has 0 unspecified atom stereocenters. The number of carbonyl (C=O) groups is 1. The lowest BCUT2D eigenvalue weighted by atomic mass is 9.97. The van der Waals surface area contributed by atoms with Gasteiger partial charge in [-0.15, -0.1) is 0 Å². The zero-order valence-electron chi connectivity index (χ0n) is 20.1. The van der Waals surface area contributed by atoms with Crippen molar-refractivity contribution < 1.29 is 18.9 Å². The smallest absolute Gasteiger partial charge is 0.290 e. The number of hydrogen-bond acceptors (Lipinski definition) is 6. The molecule has 0 aliphatic carbocycles. The summed E-state index contributed by atoms with van der Waals surface area (Å²) in [4.78, 5) is 39.6. The second-order valence-electron chi connectivity index (χ2n) is 8.95. The Morgan fingerprint density at radius 1 is 1.00 bits per heavy atom. The Balaban J connectivity index is 1.61. The number of nitrogens with zero attached hydrogens (tertiary/aromatic N) is 2. The van der Waals surface area contributed by atoms with E-state index in [1.165, 1.54) is 12.1 Å². The lowest BCUT2D eigenvalue weighted by molar-refractivity contribution is -0.384. The Bertz CT molecular complexity index is 1550. The summed E-state index contributed by atoms with van der Waals surface area (Å²) in [7, 11) is 1.60. The van der Waals surface area contributed by atoms with Gasteiger partial charge in [0.15, 0.2) is 5.43 Å². The summed E-state index contributed by atoms with van der Waals surface area (Å²) in [6, 6.07) is 16.4. The number of rotatable bonds is 6. The fourth-order valence-corrected chi connectivity index (χ4v) is 4.67. The fraction of sp³-hybridized carbons (Fsp3) is 0.214. The van der Waals surface area contributed by atoms with Crippen LogP contribution in [0, 0.1) is 24.0 Å². The Labute approximate surface area is 206 Å². The van der Waals surface area contributed by atoms with E-state index < -0.39 is 11.0 Å². The zero-order chi connectivity index (χ0) is 25.6. The quantitative estimate of drug-likeness (QED) is 0.278. The van der Waals surface area contributed by atoms with E-state index in [-0.39, 0.29) is 28.3 Å². The maximum atomic E-state index is 13.7. The van der Waals surface area contributed by atoms with Gasteiger partial charge in [-0.25, -0.2) is 0 Å². The molecule has 0 bridgehead atoms. The number of non-ortho nitro benzene ring substituents is 1. The van der Waals surface area contributed by atoms with Crippen LogP contribution in [0.1, 0.15) is 44.4 Å². The molecule has 1 amide bonds. The normalized spacial score (nSPS) is 14.8. The number of nitro benzene ring substituents is 1. The van der Waals surface area contributed by atoms with Crippen LogP contribution in [0.15, 0.2) is 69.9 Å². The summed E-state index contributed by atoms with van der Waals surface area (Å²) in [6.07, 6.45) is 0.541. The van der Waals surface area contributed by atoms with Crippen molar-refractivity contribution in [3.8, 4) is 5.75 Å². The number of aryl methyl sites for hydroxylation is 2. The van der Waals surface area contributed by atoms with E-state index in [2.05, 4.69) is 0 Å². The number of carbonyl (C=O) groups excluding carboxylic acids is 1. The number of amides is 1. The van der Waals surface area contributed by atoms with Crippen molar-refractivity contribution >= 4 is 22.6 Å². The molecule has 5 rings (SSSR count). The zero-order valence-corrected chi connectivity index (χ0v) is 20.1. The van der Waals surface area contributed by atoms with Crippen LogP contribution in [-0.4, -0.2) is 29.4 Å². The van der Waals surface area contributed by atoms with Gasteiger partial charge < -0.3 is 14.1 Å². The van der Waals surface area contributed by atoms with Gasteiger partial charge in [0.2, 0.25) is 5.76 Å². The fourth-order valence-electron chi connectivity index (χ4n) is 4.67. The molecule has 8 heteroatoms. The molecule has 3 aromatic carbocycles. The average Bonchev–Trinajstić information content (AvgIpc) is 3.16. The summed E-state index contributed by atoms with van der Waals surface area (Å²) in [5.41, 5.74) is 3.81. The molecule has 0 saturated heterocycles. The van der Waals surface area contributed by atoms with Gasteiger partial charge in [0.05, 0.1) is 29.0 Å². The van der Waals surface area contributed by atoms with Crippen LogP contribution >= 0.6 is 0 Å². The Hall–Kier alpha value is -4.46. The summed E-state index contributed by atoms with van der Waals surface area (Å²) >= 11 is 0. The van der Waals surface area contributed by atoms with Gasteiger partial charge in [0.1, 0.15) is 11.3 Å². The van der Waals surface area contributed by atoms with Crippen molar-refractivity contribution in [1.82, 2.24) is 4.90 Å². The van der Waals surface area contributed by atoms with Crippen LogP contribution in [-0.2, 0) is 6.42 Å². The minimum absolute atomic E-state index is 0.0221. The third-order valence-electron chi connectivity index (χ3n) is 6.80. The topological polar surface area (TPSA) is 103 Å². The lowest BCUT2D eigenvalue weighted by Gasteiger charge is -2.25. The van der Waals surface area contributed by atoms with Crippen molar-refractivity contribution in [2.75, 3.05) is 13.7 Å². The summed E-state index contributed by atoms with van der Waals surface area (Å²) in [5.74, 6) is 0.382. The maximum Gasteiger partial charge on any atom is 0.290 e. The van der Waals surface area contributed by atoms with Crippen molar-refractivity contribution in [3.05, 3.63) is 115 Å². The maximum absolute atomic E-state index is 13.7. The minimum Gasteiger partial charge on any atom is -0.497 e. The van der Waals surface area contributed by atoms with Gasteiger partial charge in [0.25, 0.3) is 11.6 Å². The van der Waals surface area contributed by atoms with Gasteiger partial charge in [-0.05, 0) is 78.9 Å². The standard InChI is InChI=1S/C28H24N2O6/c1-16-14-22-23(15-17(16)2)36-27-24(26(22)31)25(19-6-8-20(9-7-19)30(33)34)29(28(27)32)13-12-18-4-10-21(35-3)11-5-18/h4-11,14-15,25H,12-13H2,1-3H3/t25-/m0/s1. The molecular weight excluding hydrogens is 460 g/mol. The summed E-state index contributed by atoms with van der Waals surface area (Å²) < 4.78 is 11.3. The molecule has 1 aliphatic heterocycles. The van der Waals surface area contributed by atoms with Crippen LogP contribution in [0.5, 0.6) is 5.75 Å². The average molecular weight is 485 g/mol. The molecule has 4 aromatic rings. The van der Waals surface area contributed by atoms with Crippen LogP contribution in [0.2, 0.25) is 0 Å². The van der Waals surface area contributed by atoms with Gasteiger partial charge in [0, 0.05) is 18.7 Å². The molecule has 8 nitrogen and oxygen atoms in total. The first kappa shape index (κ1) is 23.3. The van der Waals surface area contributed by atoms with Crippen molar-refractivity contribution in [3.63, 3.8) is 0 Å². The highest BCUT2D eigenvalue weighted by molar-refractivity contribution is 5.99. The van der Waals surface area contributed by atoms with E-state index in [0.29, 0.717) is 29.5 Å². The molecule has 1 atom stereocenters. The number of fused-ring (bicyclic) bond motifs is 2. The van der Waals surface area contributed by atoms with Crippen molar-refractivity contribution in [2.24, 2.45) is 0 Å². The van der Waals surface area contributed by atoms with Gasteiger partial charge in [-0.3, -0.25) is 19.7 Å². The number of benzene rings is 3. The molecular formula is C28H24N2O6. The van der Waals surface area contributed by atoms with E-state index in [0.717, 1.165) is 22.4 Å². The Morgan fingerprint density at radius 2 is 1.67 bits per heavy atom. The molecule has 0 fully saturated rings. The largest absolute Gasteiger partial charge is 0.497 e. The number of nitro groups is 1. The third kappa shape index (κ3) is 3.90. The van der Waals surface area contributed by atoms with Gasteiger partial charge in [-0.1, -0.05) is 12.1 Å². The molecule has 182 valence electrons. The van der Waals surface area contributed by atoms with Crippen molar-refractivity contribution in [2.45, 2.75) is 26.3 Å². The SMILES string of the molecule is COc1ccc(CCN2C(=O)c3oc4cc(C)c(C)cc4c(=O)c3[C@@H]2c2ccc([N+](=O)[O-])cc2)cc1. The molecule has 0 saturated carbocycles. The van der Waals surface area contributed by atoms with E-state index in [1.807, 2.05) is 38.1 Å². The van der Waals surface area contributed by atoms with E-state index in [4.69, 9.17) is 9.15 Å². The molecule has 1 aliphatic rings. The van der Waals surface area contributed by atoms with Crippen LogP contribution in [0.25, 0.3) is 11.0 Å². The lowest BCUT2D eigenvalue weighted by Crippen LogP contribution is -2.31. The second kappa shape index (κ2) is 8.96. The van der Waals surface area contributed by atoms with Crippen LogP contribution in [0.4, 0.5) is 5.69 Å². The highest BCUT2D eigenvalue weighted by atomic mass is 16.6. The van der Waals surface area contributed by atoms with E-state index in [9.17, 15) is 19.7 Å². The van der Waals surface area contributed by atoms with E-state index in [1.54, 1.807) is 36.3 Å². The predicted molar refractivity (Wildman–Crippen MR) is 135 cm³/mol. The second-order valence-corrected chi connectivity index (χ2v) is 8.95. The Kier molecular flexibility index (Phi) is 5.80. The minimum atomic E-state index is -0.714. The van der Waals surface area contributed by atoms with Crippen molar-refractivity contribution in [1.29, 1.82) is 0 Å². The first-order chi connectivity index (χ1) is 17.3. The monoisotopic (exact) mass is 484 g/mol. The van der Waals surface area contributed by atoms with Crippen LogP contribution in [0.3, 0.4) is 0 Å². The molecule has 2 heterocycles. The Morgan fingerprint density at radius 3 is 2.31 bits per heavy atom. The number of ether oxygens (including phenoxy) is 1. The number of methoxy groups -OCH3 is 1. The number of hydrogen-bond donors (Lipinski definition) is 0. The van der Waals surface area contributed by atoms with Crippen LogP contribution < -0.4 is 10.2 Å². The van der Waals surface area contributed by atoms with Gasteiger partial charge in [-0.2, -0.15) is 0 Å². The molecule has 36 heavy (non-hydrogen) atoms.